The molecular weight excluding hydrogens is 511 g/mol. The minimum absolute atomic E-state index is 0. The number of unbranched alkanes of at least 4 members (excludes halogenated alkanes) is 14. The van der Waals surface area contributed by atoms with Gasteiger partial charge in [0.25, 0.3) is 23.2 Å². The smallest absolute Gasteiger partial charge is 0.296 e. The van der Waals surface area contributed by atoms with Crippen molar-refractivity contribution in [3.05, 3.63) is 11.4 Å². The molecule has 37 heavy (non-hydrogen) atoms. The van der Waals surface area contributed by atoms with Crippen molar-refractivity contribution in [3.63, 3.8) is 0 Å². The van der Waals surface area contributed by atoms with Gasteiger partial charge in [-0.1, -0.05) is 90.9 Å². The fourth-order valence-electron chi connectivity index (χ4n) is 4.72. The van der Waals surface area contributed by atoms with E-state index in [0.717, 1.165) is 56.6 Å². The van der Waals surface area contributed by atoms with Crippen molar-refractivity contribution in [2.45, 2.75) is 149 Å². The monoisotopic (exact) mass is 562 g/mol. The number of aryl methyl sites for hydroxylation is 2. The summed E-state index contributed by atoms with van der Waals surface area (Å²) in [4.78, 5) is 0. The normalized spacial score (nSPS) is 10.9. The summed E-state index contributed by atoms with van der Waals surface area (Å²) in [6, 6.07) is 0. The van der Waals surface area contributed by atoms with Crippen LogP contribution in [0.15, 0.2) is 9.05 Å². The fraction of sp³-hybridized carbons (Fsp3) is 0.852. The highest BCUT2D eigenvalue weighted by molar-refractivity contribution is 5.27. The number of hydrogen-bond acceptors (Lipinski definition) is 6. The molecule has 0 saturated heterocycles. The van der Waals surface area contributed by atoms with Crippen LogP contribution in [0.4, 0.5) is 11.8 Å². The molecule has 2 aromatic heterocycles. The molecule has 216 valence electrons. The molecule has 0 aliphatic heterocycles. The summed E-state index contributed by atoms with van der Waals surface area (Å²) >= 11 is 0. The Balaban J connectivity index is 0.00000648. The van der Waals surface area contributed by atoms with E-state index in [9.17, 15) is 0 Å². The molecule has 2 rings (SSSR count). The average Bonchev–Trinajstić information content (AvgIpc) is 3.39. The van der Waals surface area contributed by atoms with Crippen LogP contribution in [0.3, 0.4) is 0 Å². The average molecular weight is 564 g/mol. The van der Waals surface area contributed by atoms with Gasteiger partial charge in [-0.25, -0.2) is 0 Å². The Morgan fingerprint density at radius 3 is 1.19 bits per heavy atom. The lowest BCUT2D eigenvalue weighted by Gasteiger charge is -2.00. The summed E-state index contributed by atoms with van der Waals surface area (Å²) in [5.74, 6) is 0.851. The predicted octanol–water partition coefficient (Wildman–Crippen LogP) is -0.133. The van der Waals surface area contributed by atoms with Gasteiger partial charge in [-0.2, -0.15) is 0 Å². The molecule has 4 N–H and O–H groups in total. The summed E-state index contributed by atoms with van der Waals surface area (Å²) in [5.41, 5.74) is 14.1. The van der Waals surface area contributed by atoms with Crippen molar-refractivity contribution in [1.82, 2.24) is 10.5 Å². The van der Waals surface area contributed by atoms with Crippen LogP contribution in [0.5, 0.6) is 0 Å². The number of nitrogen functional groups attached to an aromatic ring is 2. The second-order valence-corrected chi connectivity index (χ2v) is 10.0. The minimum Gasteiger partial charge on any atom is -1.00 e. The molecule has 0 amide bonds. The minimum atomic E-state index is 0. The highest BCUT2D eigenvalue weighted by atomic mass is 35.5. The summed E-state index contributed by atoms with van der Waals surface area (Å²) in [7, 11) is 0. The lowest BCUT2D eigenvalue weighted by molar-refractivity contribution is -0.769. The standard InChI is InChI=1S/C27H52N6O2.2ClH/c1-3-5-7-9-11-13-15-17-22-32-24(26(28)34-30-32)20-19-21-25-27(29)35-31-33(25)23-18-16-14-12-10-8-6-4-2;;/h3-23,28-29H2,1-2H3;2*1H/q+2;;/p-2. The molecular formula is C27H52Cl2N6O2. The van der Waals surface area contributed by atoms with E-state index in [1.807, 2.05) is 9.36 Å². The zero-order chi connectivity index (χ0) is 25.1. The van der Waals surface area contributed by atoms with Gasteiger partial charge in [0, 0.05) is 25.7 Å². The third-order valence-electron chi connectivity index (χ3n) is 6.94. The van der Waals surface area contributed by atoms with E-state index in [-0.39, 0.29) is 24.8 Å². The Bertz CT molecular complexity index is 736. The predicted molar refractivity (Wildman–Crippen MR) is 139 cm³/mol. The Labute approximate surface area is 237 Å². The Morgan fingerprint density at radius 2 is 0.838 bits per heavy atom. The topological polar surface area (TPSA) is 112 Å². The van der Waals surface area contributed by atoms with Gasteiger partial charge in [0.2, 0.25) is 10.5 Å². The van der Waals surface area contributed by atoms with Gasteiger partial charge in [0.15, 0.2) is 13.1 Å². The van der Waals surface area contributed by atoms with Crippen LogP contribution in [0.25, 0.3) is 0 Å². The van der Waals surface area contributed by atoms with E-state index < -0.39 is 0 Å². The second-order valence-electron chi connectivity index (χ2n) is 10.0. The van der Waals surface area contributed by atoms with E-state index in [1.165, 1.54) is 89.9 Å². The van der Waals surface area contributed by atoms with Gasteiger partial charge in [-0.15, -0.1) is 0 Å². The molecule has 0 aliphatic carbocycles. The van der Waals surface area contributed by atoms with Crippen molar-refractivity contribution in [2.75, 3.05) is 11.5 Å². The number of anilines is 2. The summed E-state index contributed by atoms with van der Waals surface area (Å²) in [5, 5.41) is 8.32. The van der Waals surface area contributed by atoms with Gasteiger partial charge >= 0.3 is 0 Å². The first-order valence-corrected chi connectivity index (χ1v) is 14.5. The quantitative estimate of drug-likeness (QED) is 0.153. The first-order chi connectivity index (χ1) is 17.2. The van der Waals surface area contributed by atoms with Crippen LogP contribution < -0.4 is 45.6 Å². The van der Waals surface area contributed by atoms with E-state index in [2.05, 4.69) is 24.4 Å². The molecule has 0 radical (unpaired) electrons. The molecule has 0 spiro atoms. The van der Waals surface area contributed by atoms with Crippen LogP contribution in [0.1, 0.15) is 134 Å². The first-order valence-electron chi connectivity index (χ1n) is 14.5. The van der Waals surface area contributed by atoms with Crippen molar-refractivity contribution in [1.29, 1.82) is 0 Å². The molecule has 0 saturated carbocycles. The first kappa shape index (κ1) is 35.5. The SMILES string of the molecule is CCCCCCCCCC[n+]1noc(N)c1CCCc1c(N)on[n+]1CCCCCCCCCC.[Cl-].[Cl-]. The fourth-order valence-corrected chi connectivity index (χ4v) is 4.72. The van der Waals surface area contributed by atoms with Gasteiger partial charge in [-0.3, -0.25) is 9.05 Å². The van der Waals surface area contributed by atoms with Gasteiger partial charge in [0.05, 0.1) is 0 Å². The zero-order valence-electron chi connectivity index (χ0n) is 23.4. The van der Waals surface area contributed by atoms with Gasteiger partial charge < -0.3 is 36.3 Å². The molecule has 8 nitrogen and oxygen atoms in total. The highest BCUT2D eigenvalue weighted by Crippen LogP contribution is 2.14. The number of nitrogens with two attached hydrogens (primary N) is 2. The summed E-state index contributed by atoms with van der Waals surface area (Å²) < 4.78 is 14.5. The molecule has 0 unspecified atom stereocenters. The number of hydrogen-bond donors (Lipinski definition) is 2. The lowest BCUT2D eigenvalue weighted by Crippen LogP contribution is -3.00. The zero-order valence-corrected chi connectivity index (χ0v) is 24.9. The van der Waals surface area contributed by atoms with Crippen LogP contribution in [0, 0.1) is 0 Å². The van der Waals surface area contributed by atoms with Crippen LogP contribution in [-0.2, 0) is 25.9 Å². The molecule has 0 fully saturated rings. The number of rotatable bonds is 22. The molecule has 0 atom stereocenters. The second kappa shape index (κ2) is 22.4. The van der Waals surface area contributed by atoms with Gasteiger partial charge in [0.1, 0.15) is 0 Å². The Kier molecular flexibility index (Phi) is 21.5. The van der Waals surface area contributed by atoms with Gasteiger partial charge in [-0.05, 0) is 28.6 Å². The van der Waals surface area contributed by atoms with E-state index in [0.29, 0.717) is 11.8 Å². The molecule has 2 heterocycles. The number of aromatic nitrogens is 4. The number of halogens is 2. The summed E-state index contributed by atoms with van der Waals surface area (Å²) in [6.07, 6.45) is 23.2. The highest BCUT2D eigenvalue weighted by Gasteiger charge is 2.25. The maximum absolute atomic E-state index is 6.08. The van der Waals surface area contributed by atoms with Crippen LogP contribution in [0.2, 0.25) is 0 Å². The van der Waals surface area contributed by atoms with Crippen molar-refractivity contribution in [3.8, 4) is 0 Å². The largest absolute Gasteiger partial charge is 1.00 e. The third-order valence-corrected chi connectivity index (χ3v) is 6.94. The van der Waals surface area contributed by atoms with E-state index in [4.69, 9.17) is 20.5 Å². The van der Waals surface area contributed by atoms with E-state index in [1.54, 1.807) is 0 Å². The van der Waals surface area contributed by atoms with Crippen LogP contribution in [-0.4, -0.2) is 10.5 Å². The van der Waals surface area contributed by atoms with Crippen molar-refractivity contribution in [2.24, 2.45) is 0 Å². The third kappa shape index (κ3) is 14.3. The summed E-state index contributed by atoms with van der Waals surface area (Å²) in [6.45, 7) is 6.24. The molecule has 0 aliphatic rings. The molecule has 2 aromatic rings. The molecule has 0 aromatic carbocycles. The Hall–Kier alpha value is -1.54. The lowest BCUT2D eigenvalue weighted by atomic mass is 10.1. The maximum Gasteiger partial charge on any atom is 0.296 e. The Morgan fingerprint density at radius 1 is 0.514 bits per heavy atom. The number of nitrogens with zero attached hydrogens (tertiary/aromatic N) is 4. The van der Waals surface area contributed by atoms with Crippen molar-refractivity contribution >= 4 is 11.8 Å². The maximum atomic E-state index is 6.08. The molecule has 10 heteroatoms. The van der Waals surface area contributed by atoms with Crippen LogP contribution >= 0.6 is 0 Å². The molecule has 0 bridgehead atoms. The van der Waals surface area contributed by atoms with Crippen molar-refractivity contribution < 1.29 is 43.2 Å². The van der Waals surface area contributed by atoms with E-state index >= 15 is 0 Å².